The second-order valence-corrected chi connectivity index (χ2v) is 7.74. The zero-order valence-corrected chi connectivity index (χ0v) is 14.2. The molecule has 126 valence electrons. The summed E-state index contributed by atoms with van der Waals surface area (Å²) in [5.41, 5.74) is 2.42. The maximum atomic E-state index is 4.97. The minimum atomic E-state index is 0.488. The van der Waals surface area contributed by atoms with Gasteiger partial charge in [0.2, 0.25) is 0 Å². The van der Waals surface area contributed by atoms with Crippen LogP contribution >= 0.6 is 0 Å². The highest BCUT2D eigenvalue weighted by Crippen LogP contribution is 2.28. The Kier molecular flexibility index (Phi) is 3.57. The van der Waals surface area contributed by atoms with Gasteiger partial charge in [0.15, 0.2) is 0 Å². The summed E-state index contributed by atoms with van der Waals surface area (Å²) in [6.07, 6.45) is 10.3. The molecule has 5 rings (SSSR count). The molecule has 2 heterocycles. The summed E-state index contributed by atoms with van der Waals surface area (Å²) in [6.45, 7) is 0. The van der Waals surface area contributed by atoms with Crippen LogP contribution in [0.3, 0.4) is 0 Å². The van der Waals surface area contributed by atoms with E-state index in [4.69, 9.17) is 9.98 Å². The normalized spacial score (nSPS) is 34.5. The van der Waals surface area contributed by atoms with Gasteiger partial charge in [-0.15, -0.1) is 0 Å². The third-order valence-electron chi connectivity index (χ3n) is 6.10. The monoisotopic (exact) mass is 322 g/mol. The van der Waals surface area contributed by atoms with E-state index in [0.717, 1.165) is 11.7 Å². The van der Waals surface area contributed by atoms with E-state index in [2.05, 4.69) is 34.9 Å². The number of amidine groups is 2. The average Bonchev–Trinajstić information content (AvgIpc) is 3.26. The van der Waals surface area contributed by atoms with Crippen LogP contribution in [0.2, 0.25) is 0 Å². The number of nitrogens with one attached hydrogen (secondary N) is 2. The molecule has 0 aromatic heterocycles. The predicted molar refractivity (Wildman–Crippen MR) is 97.9 cm³/mol. The van der Waals surface area contributed by atoms with Crippen molar-refractivity contribution in [3.05, 3.63) is 35.4 Å². The van der Waals surface area contributed by atoms with Crippen molar-refractivity contribution >= 4 is 11.7 Å². The van der Waals surface area contributed by atoms with Gasteiger partial charge in [0, 0.05) is 23.2 Å². The minimum Gasteiger partial charge on any atom is -0.365 e. The topological polar surface area (TPSA) is 48.8 Å². The van der Waals surface area contributed by atoms with E-state index in [-0.39, 0.29) is 0 Å². The quantitative estimate of drug-likeness (QED) is 0.879. The van der Waals surface area contributed by atoms with Crippen LogP contribution in [0.15, 0.2) is 34.3 Å². The fourth-order valence-corrected chi connectivity index (χ4v) is 4.76. The molecule has 2 aliphatic carbocycles. The smallest absolute Gasteiger partial charge is 0.128 e. The highest BCUT2D eigenvalue weighted by atomic mass is 15.1. The number of hydrogen-bond donors (Lipinski definition) is 2. The molecule has 0 bridgehead atoms. The van der Waals surface area contributed by atoms with Crippen LogP contribution in [-0.4, -0.2) is 35.8 Å². The van der Waals surface area contributed by atoms with Gasteiger partial charge in [0.25, 0.3) is 0 Å². The van der Waals surface area contributed by atoms with E-state index in [1.807, 2.05) is 0 Å². The minimum absolute atomic E-state index is 0.488. The number of benzene rings is 1. The van der Waals surface area contributed by atoms with Crippen LogP contribution in [0, 0.1) is 0 Å². The summed E-state index contributed by atoms with van der Waals surface area (Å²) in [5, 5.41) is 7.33. The molecule has 4 atom stereocenters. The van der Waals surface area contributed by atoms with Crippen LogP contribution < -0.4 is 10.6 Å². The third-order valence-corrected chi connectivity index (χ3v) is 6.10. The van der Waals surface area contributed by atoms with Crippen molar-refractivity contribution in [1.29, 1.82) is 0 Å². The second kappa shape index (κ2) is 5.91. The molecule has 0 radical (unpaired) electrons. The lowest BCUT2D eigenvalue weighted by Gasteiger charge is -2.23. The Labute approximate surface area is 143 Å². The first kappa shape index (κ1) is 14.5. The van der Waals surface area contributed by atoms with Gasteiger partial charge in [-0.1, -0.05) is 43.9 Å². The van der Waals surface area contributed by atoms with Crippen molar-refractivity contribution in [2.24, 2.45) is 9.98 Å². The first-order valence-electron chi connectivity index (χ1n) is 9.66. The van der Waals surface area contributed by atoms with Gasteiger partial charge in [-0.05, 0) is 31.7 Å². The highest BCUT2D eigenvalue weighted by molar-refractivity contribution is 6.05. The van der Waals surface area contributed by atoms with Crippen LogP contribution in [0.5, 0.6) is 0 Å². The Morgan fingerprint density at radius 1 is 0.708 bits per heavy atom. The van der Waals surface area contributed by atoms with Gasteiger partial charge < -0.3 is 10.6 Å². The summed E-state index contributed by atoms with van der Waals surface area (Å²) in [7, 11) is 0. The summed E-state index contributed by atoms with van der Waals surface area (Å²) in [4.78, 5) is 9.93. The lowest BCUT2D eigenvalue weighted by molar-refractivity contribution is 0.384. The van der Waals surface area contributed by atoms with E-state index in [1.165, 1.54) is 62.5 Å². The number of hydrogen-bond acceptors (Lipinski definition) is 4. The van der Waals surface area contributed by atoms with Crippen molar-refractivity contribution in [3.8, 4) is 0 Å². The number of fused-ring (bicyclic) bond motifs is 2. The van der Waals surface area contributed by atoms with Gasteiger partial charge in [-0.2, -0.15) is 0 Å². The van der Waals surface area contributed by atoms with Crippen molar-refractivity contribution in [1.82, 2.24) is 10.6 Å². The molecule has 0 spiro atoms. The fourth-order valence-electron chi connectivity index (χ4n) is 4.76. The summed E-state index contributed by atoms with van der Waals surface area (Å²) >= 11 is 0. The first-order valence-corrected chi connectivity index (χ1v) is 9.66. The lowest BCUT2D eigenvalue weighted by atomic mass is 9.92. The van der Waals surface area contributed by atoms with Crippen molar-refractivity contribution < 1.29 is 0 Å². The van der Waals surface area contributed by atoms with E-state index in [0.29, 0.717) is 24.2 Å². The number of nitrogens with zero attached hydrogens (tertiary/aromatic N) is 2. The molecule has 4 heteroatoms. The molecule has 1 aromatic rings. The van der Waals surface area contributed by atoms with Crippen molar-refractivity contribution in [2.45, 2.75) is 75.5 Å². The highest BCUT2D eigenvalue weighted by Gasteiger charge is 2.33. The molecule has 0 amide bonds. The van der Waals surface area contributed by atoms with Gasteiger partial charge in [-0.25, -0.2) is 0 Å². The van der Waals surface area contributed by atoms with Gasteiger partial charge >= 0.3 is 0 Å². The standard InChI is InChI=1S/C20H26N4/c1-2-9-16-15(8-1)21-19(22-16)13-6-5-7-14(12-13)20-23-17-10-3-4-11-18(17)24-20/h5-7,12,15-18H,1-4,8-11H2,(H,21,22)(H,23,24)/t15-,16-,17-,18-/m1/s1. The summed E-state index contributed by atoms with van der Waals surface area (Å²) in [6, 6.07) is 10.8. The van der Waals surface area contributed by atoms with Crippen molar-refractivity contribution in [3.63, 3.8) is 0 Å². The summed E-state index contributed by atoms with van der Waals surface area (Å²) < 4.78 is 0. The second-order valence-electron chi connectivity index (χ2n) is 7.74. The Bertz CT molecular complexity index is 637. The Hall–Kier alpha value is -1.84. The Morgan fingerprint density at radius 3 is 1.71 bits per heavy atom. The van der Waals surface area contributed by atoms with Crippen LogP contribution in [0.25, 0.3) is 0 Å². The average molecular weight is 322 g/mol. The zero-order valence-electron chi connectivity index (χ0n) is 14.2. The molecule has 2 N–H and O–H groups in total. The molecule has 4 aliphatic rings. The lowest BCUT2D eigenvalue weighted by Crippen LogP contribution is -2.37. The molecule has 2 fully saturated rings. The predicted octanol–water partition coefficient (Wildman–Crippen LogP) is 3.01. The number of rotatable bonds is 2. The fraction of sp³-hybridized carbons (Fsp3) is 0.600. The van der Waals surface area contributed by atoms with E-state index in [1.54, 1.807) is 0 Å². The first-order chi connectivity index (χ1) is 11.9. The molecule has 1 aromatic carbocycles. The van der Waals surface area contributed by atoms with Crippen LogP contribution in [-0.2, 0) is 0 Å². The number of aliphatic imine (C=N–C) groups is 2. The summed E-state index contributed by atoms with van der Waals surface area (Å²) in [5.74, 6) is 2.18. The van der Waals surface area contributed by atoms with Gasteiger partial charge in [0.05, 0.1) is 12.1 Å². The molecule has 0 unspecified atom stereocenters. The van der Waals surface area contributed by atoms with Gasteiger partial charge in [0.1, 0.15) is 11.7 Å². The zero-order chi connectivity index (χ0) is 15.9. The molecule has 4 nitrogen and oxygen atoms in total. The van der Waals surface area contributed by atoms with E-state index >= 15 is 0 Å². The van der Waals surface area contributed by atoms with E-state index in [9.17, 15) is 0 Å². The largest absolute Gasteiger partial charge is 0.365 e. The molecule has 2 aliphatic heterocycles. The molecular formula is C20H26N4. The maximum absolute atomic E-state index is 4.97. The van der Waals surface area contributed by atoms with E-state index < -0.39 is 0 Å². The maximum Gasteiger partial charge on any atom is 0.128 e. The van der Waals surface area contributed by atoms with Gasteiger partial charge in [-0.3, -0.25) is 9.98 Å². The molecule has 2 saturated carbocycles. The molecule has 0 saturated heterocycles. The SMILES string of the molecule is c1cc(C2=N[C@@H]3CCCC[C@H]3N2)cc(C2=N[C@@H]3CCCC[C@H]3N2)c1. The Balaban J connectivity index is 1.39. The van der Waals surface area contributed by atoms with Crippen LogP contribution in [0.4, 0.5) is 0 Å². The molecule has 24 heavy (non-hydrogen) atoms. The van der Waals surface area contributed by atoms with Crippen molar-refractivity contribution in [2.75, 3.05) is 0 Å². The van der Waals surface area contributed by atoms with Crippen LogP contribution in [0.1, 0.15) is 62.5 Å². The Morgan fingerprint density at radius 2 is 1.21 bits per heavy atom. The third kappa shape index (κ3) is 2.52. The molecular weight excluding hydrogens is 296 g/mol.